The molecule has 3 atom stereocenters. The molecule has 0 spiro atoms. The highest BCUT2D eigenvalue weighted by atomic mass is 16.6. The van der Waals surface area contributed by atoms with Crippen LogP contribution in [0.25, 0.3) is 0 Å². The maximum atomic E-state index is 13.3. The van der Waals surface area contributed by atoms with Crippen molar-refractivity contribution >= 4 is 30.1 Å². The molecule has 0 aromatic carbocycles. The van der Waals surface area contributed by atoms with Crippen molar-refractivity contribution in [2.24, 2.45) is 11.7 Å². The number of amides is 5. The van der Waals surface area contributed by atoms with Crippen LogP contribution in [0.5, 0.6) is 0 Å². The van der Waals surface area contributed by atoms with E-state index in [-0.39, 0.29) is 25.4 Å². The highest BCUT2D eigenvalue weighted by molar-refractivity contribution is 5.85. The Morgan fingerprint density at radius 1 is 0.609 bits per heavy atom. The van der Waals surface area contributed by atoms with Crippen LogP contribution in [0.3, 0.4) is 0 Å². The lowest BCUT2D eigenvalue weighted by Crippen LogP contribution is -2.52. The summed E-state index contributed by atoms with van der Waals surface area (Å²) in [5.41, 5.74) is 3.81. The number of alkyl carbamates (subject to hydrolysis) is 3. The quantitative estimate of drug-likeness (QED) is 0.0992. The van der Waals surface area contributed by atoms with Crippen LogP contribution in [-0.4, -0.2) is 84.7 Å². The Hall–Kier alpha value is -3.29. The van der Waals surface area contributed by atoms with Gasteiger partial charge in [-0.2, -0.15) is 0 Å². The van der Waals surface area contributed by atoms with Gasteiger partial charge in [-0.3, -0.25) is 9.59 Å². The summed E-state index contributed by atoms with van der Waals surface area (Å²) in [4.78, 5) is 62.5. The molecule has 0 aliphatic heterocycles. The van der Waals surface area contributed by atoms with Gasteiger partial charge in [-0.05, 0) is 107 Å². The van der Waals surface area contributed by atoms with Gasteiger partial charge in [0.1, 0.15) is 22.8 Å². The number of carbonyl (C=O) groups excluding carboxylic acids is 5. The van der Waals surface area contributed by atoms with Crippen LogP contribution >= 0.6 is 0 Å². The number of unbranched alkanes of at least 4 members (excludes halogenated alkanes) is 1. The number of hydrogen-bond donors (Lipinski definition) is 6. The van der Waals surface area contributed by atoms with Gasteiger partial charge in [0.15, 0.2) is 0 Å². The van der Waals surface area contributed by atoms with Crippen molar-refractivity contribution in [1.29, 1.82) is 0 Å². The number of rotatable bonds is 17. The largest absolute Gasteiger partial charge is 0.444 e. The molecule has 5 amide bonds. The highest BCUT2D eigenvalue weighted by Crippen LogP contribution is 2.11. The topological polar surface area (TPSA) is 199 Å². The number of nitrogens with two attached hydrogens (primary N) is 1. The summed E-state index contributed by atoms with van der Waals surface area (Å²) < 4.78 is 16.0. The van der Waals surface area contributed by atoms with Gasteiger partial charge in [-0.1, -0.05) is 13.8 Å². The Morgan fingerprint density at radius 2 is 1.11 bits per heavy atom. The van der Waals surface area contributed by atoms with Gasteiger partial charge < -0.3 is 46.5 Å². The van der Waals surface area contributed by atoms with Gasteiger partial charge in [-0.15, -0.1) is 0 Å². The molecule has 0 heterocycles. The number of ether oxygens (including phenoxy) is 3. The van der Waals surface area contributed by atoms with Gasteiger partial charge in [0.25, 0.3) is 0 Å². The van der Waals surface area contributed by atoms with Crippen LogP contribution in [-0.2, 0) is 23.8 Å². The van der Waals surface area contributed by atoms with Crippen molar-refractivity contribution < 1.29 is 38.2 Å². The van der Waals surface area contributed by atoms with Gasteiger partial charge in [0, 0.05) is 25.7 Å². The fourth-order valence-corrected chi connectivity index (χ4v) is 4.05. The molecule has 0 aromatic rings. The Bertz CT molecular complexity index is 969. The molecule has 0 aliphatic rings. The van der Waals surface area contributed by atoms with E-state index in [1.807, 2.05) is 13.8 Å². The number of carbonyl (C=O) groups is 5. The lowest BCUT2D eigenvalue weighted by Gasteiger charge is -2.26. The van der Waals surface area contributed by atoms with E-state index >= 15 is 0 Å². The molecule has 46 heavy (non-hydrogen) atoms. The molecule has 0 radical (unpaired) electrons. The van der Waals surface area contributed by atoms with E-state index in [1.165, 1.54) is 0 Å². The summed E-state index contributed by atoms with van der Waals surface area (Å²) >= 11 is 0. The molecule has 7 N–H and O–H groups in total. The molecule has 0 bridgehead atoms. The molecule has 0 saturated carbocycles. The molecule has 0 aliphatic carbocycles. The van der Waals surface area contributed by atoms with Crippen LogP contribution in [0.2, 0.25) is 0 Å². The minimum atomic E-state index is -0.926. The predicted octanol–water partition coefficient (Wildman–Crippen LogP) is 3.85. The second kappa shape index (κ2) is 20.1. The van der Waals surface area contributed by atoms with E-state index in [0.717, 1.165) is 0 Å². The summed E-state index contributed by atoms with van der Waals surface area (Å²) in [6.07, 6.45) is 0.881. The summed E-state index contributed by atoms with van der Waals surface area (Å²) in [6, 6.07) is -2.04. The maximum Gasteiger partial charge on any atom is 0.408 e. The molecule has 0 unspecified atom stereocenters. The molecule has 14 heteroatoms. The molecule has 268 valence electrons. The third kappa shape index (κ3) is 24.0. The van der Waals surface area contributed by atoms with Crippen LogP contribution in [0.4, 0.5) is 14.4 Å². The van der Waals surface area contributed by atoms with Crippen LogP contribution in [0, 0.1) is 5.92 Å². The van der Waals surface area contributed by atoms with Crippen molar-refractivity contribution in [2.45, 2.75) is 150 Å². The lowest BCUT2D eigenvalue weighted by atomic mass is 10.0. The monoisotopic (exact) mass is 658 g/mol. The minimum Gasteiger partial charge on any atom is -0.444 e. The van der Waals surface area contributed by atoms with Crippen molar-refractivity contribution in [2.75, 3.05) is 19.6 Å². The van der Waals surface area contributed by atoms with Crippen molar-refractivity contribution in [1.82, 2.24) is 26.6 Å². The first kappa shape index (κ1) is 42.7. The summed E-state index contributed by atoms with van der Waals surface area (Å²) in [6.45, 7) is 20.4. The molecule has 14 nitrogen and oxygen atoms in total. The van der Waals surface area contributed by atoms with E-state index in [1.54, 1.807) is 62.3 Å². The van der Waals surface area contributed by atoms with E-state index in [9.17, 15) is 24.0 Å². The van der Waals surface area contributed by atoms with Gasteiger partial charge in [0.05, 0.1) is 6.04 Å². The average Bonchev–Trinajstić information content (AvgIpc) is 2.84. The Labute approximate surface area is 275 Å². The second-order valence-corrected chi connectivity index (χ2v) is 14.9. The Kier molecular flexibility index (Phi) is 18.6. The normalized spacial score (nSPS) is 13.9. The first-order chi connectivity index (χ1) is 21.0. The van der Waals surface area contributed by atoms with E-state index in [4.69, 9.17) is 19.9 Å². The zero-order valence-electron chi connectivity index (χ0n) is 30.0. The SMILES string of the molecule is CC(C)C[C@H](N)C(=O)NCCCC[C@H](NC(=O)OC(C)(C)C)C(=O)NC[C@H](CCCNC(=O)OC(C)(C)C)NC(=O)OC(C)(C)C. The standard InChI is InChI=1S/C32H62N6O8/c1-21(2)19-23(33)25(39)34-17-13-12-16-24(38-29(43)46-32(9,10)11)26(40)36-20-22(37-28(42)45-31(6,7)8)15-14-18-35-27(41)44-30(3,4)5/h21-24H,12-20,33H2,1-11H3,(H,34,39)(H,35,41)(H,36,40)(H,37,42)(H,38,43)/t22-,23-,24-/m0/s1. The first-order valence-corrected chi connectivity index (χ1v) is 16.2. The summed E-state index contributed by atoms with van der Waals surface area (Å²) in [5, 5.41) is 13.7. The molecule has 0 fully saturated rings. The summed E-state index contributed by atoms with van der Waals surface area (Å²) in [5.74, 6) is -0.386. The van der Waals surface area contributed by atoms with Crippen LogP contribution in [0.15, 0.2) is 0 Å². The zero-order chi connectivity index (χ0) is 35.7. The van der Waals surface area contributed by atoms with Crippen molar-refractivity contribution in [3.63, 3.8) is 0 Å². The third-order valence-electron chi connectivity index (χ3n) is 5.93. The van der Waals surface area contributed by atoms with Gasteiger partial charge in [-0.25, -0.2) is 14.4 Å². The zero-order valence-corrected chi connectivity index (χ0v) is 30.0. The molecule has 0 aromatic heterocycles. The molecule has 0 rings (SSSR count). The second-order valence-electron chi connectivity index (χ2n) is 14.9. The van der Waals surface area contributed by atoms with Gasteiger partial charge >= 0.3 is 18.3 Å². The summed E-state index contributed by atoms with van der Waals surface area (Å²) in [7, 11) is 0. The number of nitrogens with one attached hydrogen (secondary N) is 5. The van der Waals surface area contributed by atoms with Crippen LogP contribution in [0.1, 0.15) is 115 Å². The first-order valence-electron chi connectivity index (χ1n) is 16.2. The molecular formula is C32H62N6O8. The van der Waals surface area contributed by atoms with E-state index < -0.39 is 59.1 Å². The van der Waals surface area contributed by atoms with E-state index in [2.05, 4.69) is 26.6 Å². The Morgan fingerprint density at radius 3 is 1.63 bits per heavy atom. The van der Waals surface area contributed by atoms with Crippen molar-refractivity contribution in [3.05, 3.63) is 0 Å². The van der Waals surface area contributed by atoms with Crippen LogP contribution < -0.4 is 32.3 Å². The Balaban J connectivity index is 5.32. The lowest BCUT2D eigenvalue weighted by molar-refractivity contribution is -0.124. The fourth-order valence-electron chi connectivity index (χ4n) is 4.05. The van der Waals surface area contributed by atoms with Crippen molar-refractivity contribution in [3.8, 4) is 0 Å². The predicted molar refractivity (Wildman–Crippen MR) is 177 cm³/mol. The van der Waals surface area contributed by atoms with E-state index in [0.29, 0.717) is 44.6 Å². The number of hydrogen-bond acceptors (Lipinski definition) is 9. The smallest absolute Gasteiger partial charge is 0.408 e. The average molecular weight is 659 g/mol. The molecular weight excluding hydrogens is 596 g/mol. The highest BCUT2D eigenvalue weighted by Gasteiger charge is 2.26. The minimum absolute atomic E-state index is 0.0425. The fraction of sp³-hybridized carbons (Fsp3) is 0.844. The maximum absolute atomic E-state index is 13.3. The third-order valence-corrected chi connectivity index (χ3v) is 5.93. The molecule has 0 saturated heterocycles. The van der Waals surface area contributed by atoms with Gasteiger partial charge in [0.2, 0.25) is 11.8 Å².